The second-order valence-electron chi connectivity index (χ2n) is 5.65. The lowest BCUT2D eigenvalue weighted by molar-refractivity contribution is 0.101. The van der Waals surface area contributed by atoms with Crippen molar-refractivity contribution in [1.29, 1.82) is 0 Å². The minimum atomic E-state index is -0.303. The molecule has 130 valence electrons. The van der Waals surface area contributed by atoms with Crippen molar-refractivity contribution in [3.8, 4) is 22.1 Å². The van der Waals surface area contributed by atoms with E-state index in [1.165, 1.54) is 24.5 Å². The number of Topliss-reactive ketones (excluding diaryl/α,β-unsaturated/α-hetero) is 1. The van der Waals surface area contributed by atoms with Crippen LogP contribution in [-0.2, 0) is 0 Å². The fourth-order valence-electron chi connectivity index (χ4n) is 2.63. The Bertz CT molecular complexity index is 1010. The van der Waals surface area contributed by atoms with Gasteiger partial charge in [-0.1, -0.05) is 12.1 Å². The van der Waals surface area contributed by atoms with E-state index < -0.39 is 0 Å². The molecular weight excluding hydrogens is 352 g/mol. The molecule has 0 bridgehead atoms. The predicted molar refractivity (Wildman–Crippen MR) is 98.1 cm³/mol. The number of nitrogens with one attached hydrogen (secondary N) is 1. The first-order chi connectivity index (χ1) is 12.6. The number of hydrogen-bond acceptors (Lipinski definition) is 6. The summed E-state index contributed by atoms with van der Waals surface area (Å²) in [5, 5.41) is 3.48. The summed E-state index contributed by atoms with van der Waals surface area (Å²) >= 11 is 1.27. The number of carbonyl (C=O) groups is 2. The fourth-order valence-corrected chi connectivity index (χ4v) is 3.43. The summed E-state index contributed by atoms with van der Waals surface area (Å²) in [6.07, 6.45) is 1.52. The van der Waals surface area contributed by atoms with Crippen molar-refractivity contribution in [2.45, 2.75) is 6.92 Å². The largest absolute Gasteiger partial charge is 0.454 e. The Morgan fingerprint density at radius 3 is 2.77 bits per heavy atom. The molecule has 1 amide bonds. The molecule has 6 nitrogen and oxygen atoms in total. The van der Waals surface area contributed by atoms with E-state index in [1.807, 2.05) is 18.2 Å². The van der Waals surface area contributed by atoms with Gasteiger partial charge in [-0.15, -0.1) is 11.3 Å². The molecule has 2 heterocycles. The molecule has 7 heteroatoms. The van der Waals surface area contributed by atoms with Crippen LogP contribution in [0.15, 0.2) is 48.7 Å². The third-order valence-electron chi connectivity index (χ3n) is 3.90. The Hall–Kier alpha value is -3.19. The number of ketones is 1. The number of nitrogens with zero attached hydrogens (tertiary/aromatic N) is 1. The zero-order valence-corrected chi connectivity index (χ0v) is 14.6. The van der Waals surface area contributed by atoms with Gasteiger partial charge in [0.2, 0.25) is 6.79 Å². The predicted octanol–water partition coefficient (Wildman–Crippen LogP) is 3.99. The number of fused-ring (bicyclic) bond motifs is 1. The van der Waals surface area contributed by atoms with Gasteiger partial charge in [0.15, 0.2) is 17.3 Å². The first-order valence-electron chi connectivity index (χ1n) is 7.89. The van der Waals surface area contributed by atoms with Gasteiger partial charge in [-0.25, -0.2) is 4.98 Å². The van der Waals surface area contributed by atoms with Gasteiger partial charge in [-0.3, -0.25) is 9.59 Å². The third kappa shape index (κ3) is 3.04. The van der Waals surface area contributed by atoms with Crippen LogP contribution in [0.3, 0.4) is 0 Å². The quantitative estimate of drug-likeness (QED) is 0.707. The molecule has 0 aliphatic carbocycles. The van der Waals surface area contributed by atoms with E-state index in [0.717, 1.165) is 5.56 Å². The smallest absolute Gasteiger partial charge is 0.267 e. The zero-order valence-electron chi connectivity index (χ0n) is 13.8. The van der Waals surface area contributed by atoms with Gasteiger partial charge in [0.25, 0.3) is 5.91 Å². The van der Waals surface area contributed by atoms with Crippen LogP contribution in [0.2, 0.25) is 0 Å². The molecule has 0 saturated heterocycles. The first kappa shape index (κ1) is 16.3. The number of ether oxygens (including phenoxy) is 2. The fraction of sp³-hybridized carbons (Fsp3) is 0.105. The highest BCUT2D eigenvalue weighted by Gasteiger charge is 2.17. The molecule has 0 spiro atoms. The second-order valence-corrected chi connectivity index (χ2v) is 6.68. The van der Waals surface area contributed by atoms with Crippen molar-refractivity contribution in [2.24, 2.45) is 0 Å². The molecule has 0 atom stereocenters. The minimum absolute atomic E-state index is 0.105. The second kappa shape index (κ2) is 6.61. The van der Waals surface area contributed by atoms with Crippen molar-refractivity contribution in [1.82, 2.24) is 4.98 Å². The average Bonchev–Trinajstić information content (AvgIpc) is 3.30. The zero-order chi connectivity index (χ0) is 18.1. The van der Waals surface area contributed by atoms with E-state index in [-0.39, 0.29) is 18.5 Å². The standard InChI is InChI=1S/C19H14N2O4S/c1-11(22)13-4-2-3-5-14(13)21-18(23)17-9-20-19(26-17)12-6-7-15-16(8-12)25-10-24-15/h2-9H,10H2,1H3,(H,21,23). The molecule has 1 aromatic heterocycles. The summed E-state index contributed by atoms with van der Waals surface area (Å²) in [6.45, 7) is 1.68. The lowest BCUT2D eigenvalue weighted by Gasteiger charge is -2.07. The highest BCUT2D eigenvalue weighted by atomic mass is 32.1. The maximum atomic E-state index is 12.5. The van der Waals surface area contributed by atoms with Crippen LogP contribution in [0, 0.1) is 0 Å². The Kier molecular flexibility index (Phi) is 4.14. The maximum absolute atomic E-state index is 12.5. The molecule has 0 radical (unpaired) electrons. The number of anilines is 1. The molecule has 1 N–H and O–H groups in total. The molecule has 4 rings (SSSR count). The normalized spacial score (nSPS) is 12.0. The van der Waals surface area contributed by atoms with Gasteiger partial charge in [0.1, 0.15) is 9.88 Å². The molecule has 3 aromatic rings. The van der Waals surface area contributed by atoms with Crippen LogP contribution in [0.5, 0.6) is 11.5 Å². The van der Waals surface area contributed by atoms with Gasteiger partial charge < -0.3 is 14.8 Å². The number of para-hydroxylation sites is 1. The summed E-state index contributed by atoms with van der Waals surface area (Å²) in [5.74, 6) is 0.956. The summed E-state index contributed by atoms with van der Waals surface area (Å²) in [7, 11) is 0. The van der Waals surface area contributed by atoms with Gasteiger partial charge in [-0.05, 0) is 37.3 Å². The van der Waals surface area contributed by atoms with E-state index in [9.17, 15) is 9.59 Å². The van der Waals surface area contributed by atoms with Gasteiger partial charge in [0.05, 0.1) is 11.9 Å². The summed E-state index contributed by atoms with van der Waals surface area (Å²) < 4.78 is 10.7. The van der Waals surface area contributed by atoms with Crippen molar-refractivity contribution in [3.05, 3.63) is 59.1 Å². The highest BCUT2D eigenvalue weighted by molar-refractivity contribution is 7.17. The average molecular weight is 366 g/mol. The summed E-state index contributed by atoms with van der Waals surface area (Å²) in [6, 6.07) is 12.5. The molecule has 1 aliphatic heterocycles. The van der Waals surface area contributed by atoms with Crippen LogP contribution < -0.4 is 14.8 Å². The Balaban J connectivity index is 1.57. The Morgan fingerprint density at radius 2 is 1.92 bits per heavy atom. The topological polar surface area (TPSA) is 77.5 Å². The number of rotatable bonds is 4. The molecule has 0 fully saturated rings. The van der Waals surface area contributed by atoms with Crippen molar-refractivity contribution < 1.29 is 19.1 Å². The molecule has 26 heavy (non-hydrogen) atoms. The molecular formula is C19H14N2O4S. The van der Waals surface area contributed by atoms with Crippen LogP contribution in [-0.4, -0.2) is 23.5 Å². The van der Waals surface area contributed by atoms with Crippen molar-refractivity contribution >= 4 is 28.7 Å². The van der Waals surface area contributed by atoms with Gasteiger partial charge in [-0.2, -0.15) is 0 Å². The van der Waals surface area contributed by atoms with Gasteiger partial charge >= 0.3 is 0 Å². The lowest BCUT2D eigenvalue weighted by atomic mass is 10.1. The number of benzene rings is 2. The molecule has 0 unspecified atom stereocenters. The number of hydrogen-bond donors (Lipinski definition) is 1. The number of thiazole rings is 1. The van der Waals surface area contributed by atoms with Crippen LogP contribution in [0.1, 0.15) is 27.0 Å². The number of carbonyl (C=O) groups excluding carboxylic acids is 2. The third-order valence-corrected chi connectivity index (χ3v) is 4.95. The van der Waals surface area contributed by atoms with E-state index in [0.29, 0.717) is 32.6 Å². The van der Waals surface area contributed by atoms with E-state index >= 15 is 0 Å². The van der Waals surface area contributed by atoms with Crippen LogP contribution in [0.25, 0.3) is 10.6 Å². The molecule has 0 saturated carbocycles. The summed E-state index contributed by atoms with van der Waals surface area (Å²) in [4.78, 5) is 29.0. The summed E-state index contributed by atoms with van der Waals surface area (Å²) in [5.41, 5.74) is 1.81. The molecule has 1 aliphatic rings. The number of amides is 1. The molecule has 2 aromatic carbocycles. The minimum Gasteiger partial charge on any atom is -0.454 e. The maximum Gasteiger partial charge on any atom is 0.267 e. The lowest BCUT2D eigenvalue weighted by Crippen LogP contribution is -2.12. The SMILES string of the molecule is CC(=O)c1ccccc1NC(=O)c1cnc(-c2ccc3c(c2)OCO3)s1. The van der Waals surface area contributed by atoms with E-state index in [1.54, 1.807) is 24.3 Å². The Labute approximate surface area is 153 Å². The monoisotopic (exact) mass is 366 g/mol. The van der Waals surface area contributed by atoms with Crippen LogP contribution in [0.4, 0.5) is 5.69 Å². The van der Waals surface area contributed by atoms with Crippen molar-refractivity contribution in [2.75, 3.05) is 12.1 Å². The van der Waals surface area contributed by atoms with Gasteiger partial charge in [0, 0.05) is 11.1 Å². The Morgan fingerprint density at radius 1 is 1.12 bits per heavy atom. The van der Waals surface area contributed by atoms with Crippen molar-refractivity contribution in [3.63, 3.8) is 0 Å². The highest BCUT2D eigenvalue weighted by Crippen LogP contribution is 2.37. The number of aromatic nitrogens is 1. The van der Waals surface area contributed by atoms with Crippen LogP contribution >= 0.6 is 11.3 Å². The van der Waals surface area contributed by atoms with E-state index in [2.05, 4.69) is 10.3 Å². The first-order valence-corrected chi connectivity index (χ1v) is 8.70. The van der Waals surface area contributed by atoms with E-state index in [4.69, 9.17) is 9.47 Å².